The number of imidazole rings is 1. The Morgan fingerprint density at radius 1 is 1.69 bits per heavy atom. The molecule has 86 valence electrons. The summed E-state index contributed by atoms with van der Waals surface area (Å²) in [4.78, 5) is 15.6. The molecule has 0 fully saturated rings. The van der Waals surface area contributed by atoms with Gasteiger partial charge in [0.25, 0.3) is 0 Å². The average Bonchev–Trinajstić information content (AvgIpc) is 2.57. The number of hydrogen-bond donors (Lipinski definition) is 1. The first-order valence-electron chi connectivity index (χ1n) is 5.10. The predicted octanol–water partition coefficient (Wildman–Crippen LogP) is 1.34. The van der Waals surface area contributed by atoms with Gasteiger partial charge in [-0.1, -0.05) is 12.7 Å². The van der Waals surface area contributed by atoms with Crippen molar-refractivity contribution in [2.24, 2.45) is 7.05 Å². The van der Waals surface area contributed by atoms with Crippen LogP contribution in [0.25, 0.3) is 0 Å². The molecular formula is C12H17N3O. The molecule has 0 aromatic carbocycles. The summed E-state index contributed by atoms with van der Waals surface area (Å²) in [7, 11) is 1.90. The molecule has 0 radical (unpaired) electrons. The van der Waals surface area contributed by atoms with E-state index in [-0.39, 0.29) is 5.91 Å². The zero-order valence-electron chi connectivity index (χ0n) is 9.79. The van der Waals surface area contributed by atoms with E-state index in [1.54, 1.807) is 19.3 Å². The number of carbonyl (C=O) groups is 1. The molecule has 1 N–H and O–H groups in total. The fraction of sp³-hybridized carbons (Fsp3) is 0.333. The zero-order chi connectivity index (χ0) is 12.1. The van der Waals surface area contributed by atoms with Crippen molar-refractivity contribution >= 4 is 5.91 Å². The van der Waals surface area contributed by atoms with Crippen molar-refractivity contribution in [3.05, 3.63) is 42.5 Å². The summed E-state index contributed by atoms with van der Waals surface area (Å²) in [5.74, 6) is -0.134. The maximum Gasteiger partial charge on any atom is 0.246 e. The minimum Gasteiger partial charge on any atom is -0.347 e. The summed E-state index contributed by atoms with van der Waals surface area (Å²) in [5.41, 5.74) is 2.45. The monoisotopic (exact) mass is 219 g/mol. The number of nitrogens with one attached hydrogen (secondary N) is 1. The highest BCUT2D eigenvalue weighted by molar-refractivity contribution is 5.91. The third-order valence-corrected chi connectivity index (χ3v) is 2.29. The second-order valence-electron chi connectivity index (χ2n) is 3.70. The van der Waals surface area contributed by atoms with Crippen LogP contribution in [-0.2, 0) is 24.8 Å². The molecule has 0 unspecified atom stereocenters. The van der Waals surface area contributed by atoms with Crippen molar-refractivity contribution in [3.63, 3.8) is 0 Å². The molecule has 0 saturated heterocycles. The lowest BCUT2D eigenvalue weighted by atomic mass is 10.2. The fourth-order valence-corrected chi connectivity index (χ4v) is 1.35. The van der Waals surface area contributed by atoms with Gasteiger partial charge in [-0.15, -0.1) is 6.58 Å². The van der Waals surface area contributed by atoms with Crippen LogP contribution in [0.4, 0.5) is 0 Å². The molecule has 0 aliphatic carbocycles. The molecule has 0 spiro atoms. The number of carbonyl (C=O) groups excluding carboxylic acids is 1. The molecule has 0 saturated carbocycles. The Balaban J connectivity index is 2.72. The summed E-state index contributed by atoms with van der Waals surface area (Å²) >= 11 is 0. The van der Waals surface area contributed by atoms with Crippen LogP contribution in [0.15, 0.2) is 31.1 Å². The van der Waals surface area contributed by atoms with E-state index in [1.165, 1.54) is 0 Å². The summed E-state index contributed by atoms with van der Waals surface area (Å²) in [5, 5.41) is 2.79. The van der Waals surface area contributed by atoms with E-state index < -0.39 is 0 Å². The quantitative estimate of drug-likeness (QED) is 0.600. The van der Waals surface area contributed by atoms with E-state index in [0.717, 1.165) is 11.4 Å². The Hall–Kier alpha value is -1.84. The van der Waals surface area contributed by atoms with Crippen LogP contribution in [0.3, 0.4) is 0 Å². The highest BCUT2D eigenvalue weighted by Gasteiger charge is 2.09. The van der Waals surface area contributed by atoms with Crippen molar-refractivity contribution in [2.45, 2.75) is 19.9 Å². The second-order valence-corrected chi connectivity index (χ2v) is 3.70. The summed E-state index contributed by atoms with van der Waals surface area (Å²) in [6.45, 7) is 9.41. The van der Waals surface area contributed by atoms with Crippen LogP contribution < -0.4 is 5.32 Å². The van der Waals surface area contributed by atoms with Gasteiger partial charge >= 0.3 is 0 Å². The van der Waals surface area contributed by atoms with Gasteiger partial charge in [0.15, 0.2) is 0 Å². The van der Waals surface area contributed by atoms with Gasteiger partial charge in [0.1, 0.15) is 0 Å². The first kappa shape index (κ1) is 12.2. The molecule has 16 heavy (non-hydrogen) atoms. The Bertz CT molecular complexity index is 418. The third kappa shape index (κ3) is 2.82. The fourth-order valence-electron chi connectivity index (χ4n) is 1.35. The molecule has 4 nitrogen and oxygen atoms in total. The van der Waals surface area contributed by atoms with Crippen LogP contribution in [0.5, 0.6) is 0 Å². The molecule has 0 bridgehead atoms. The highest BCUT2D eigenvalue weighted by Crippen LogP contribution is 2.07. The molecule has 0 aliphatic rings. The standard InChI is InChI=1S/C12H17N3O/c1-5-6-10-11(15(4)8-14-10)7-13-12(16)9(2)3/h5,8H,1-2,6-7H2,3-4H3,(H,13,16). The van der Waals surface area contributed by atoms with Gasteiger partial charge in [-0.25, -0.2) is 4.98 Å². The highest BCUT2D eigenvalue weighted by atomic mass is 16.1. The van der Waals surface area contributed by atoms with Gasteiger partial charge in [0.2, 0.25) is 5.91 Å². The Morgan fingerprint density at radius 3 is 2.94 bits per heavy atom. The van der Waals surface area contributed by atoms with Crippen LogP contribution >= 0.6 is 0 Å². The molecule has 0 atom stereocenters. The topological polar surface area (TPSA) is 46.9 Å². The van der Waals surface area contributed by atoms with Gasteiger partial charge in [0, 0.05) is 19.0 Å². The minimum atomic E-state index is -0.134. The van der Waals surface area contributed by atoms with Gasteiger partial charge in [-0.2, -0.15) is 0 Å². The van der Waals surface area contributed by atoms with Crippen LogP contribution in [-0.4, -0.2) is 15.5 Å². The summed E-state index contributed by atoms with van der Waals surface area (Å²) < 4.78 is 1.90. The van der Waals surface area contributed by atoms with Crippen LogP contribution in [0.2, 0.25) is 0 Å². The van der Waals surface area contributed by atoms with Gasteiger partial charge in [-0.3, -0.25) is 4.79 Å². The molecule has 1 heterocycles. The first-order chi connectivity index (χ1) is 7.56. The van der Waals surface area contributed by atoms with Gasteiger partial charge in [-0.05, 0) is 6.92 Å². The number of nitrogens with zero attached hydrogens (tertiary/aromatic N) is 2. The number of rotatable bonds is 5. The number of amides is 1. The van der Waals surface area contributed by atoms with E-state index in [0.29, 0.717) is 18.5 Å². The molecule has 0 aliphatic heterocycles. The van der Waals surface area contributed by atoms with Crippen molar-refractivity contribution in [1.29, 1.82) is 0 Å². The second kappa shape index (κ2) is 5.30. The molecule has 4 heteroatoms. The number of aromatic nitrogens is 2. The summed E-state index contributed by atoms with van der Waals surface area (Å²) in [6, 6.07) is 0. The van der Waals surface area contributed by atoms with Gasteiger partial charge in [0.05, 0.1) is 24.3 Å². The molecule has 1 aromatic rings. The largest absolute Gasteiger partial charge is 0.347 e. The lowest BCUT2D eigenvalue weighted by Crippen LogP contribution is -2.24. The molecule has 1 aromatic heterocycles. The lowest BCUT2D eigenvalue weighted by Gasteiger charge is -2.07. The number of allylic oxidation sites excluding steroid dienone is 1. The predicted molar refractivity (Wildman–Crippen MR) is 63.8 cm³/mol. The smallest absolute Gasteiger partial charge is 0.246 e. The first-order valence-corrected chi connectivity index (χ1v) is 5.10. The maximum absolute atomic E-state index is 11.4. The lowest BCUT2D eigenvalue weighted by molar-refractivity contribution is -0.117. The molecule has 1 amide bonds. The van der Waals surface area contributed by atoms with Gasteiger partial charge < -0.3 is 9.88 Å². The number of hydrogen-bond acceptors (Lipinski definition) is 2. The van der Waals surface area contributed by atoms with Crippen molar-refractivity contribution < 1.29 is 4.79 Å². The summed E-state index contributed by atoms with van der Waals surface area (Å²) in [6.07, 6.45) is 4.24. The van der Waals surface area contributed by atoms with Crippen LogP contribution in [0.1, 0.15) is 18.3 Å². The molecule has 1 rings (SSSR count). The zero-order valence-corrected chi connectivity index (χ0v) is 9.79. The average molecular weight is 219 g/mol. The normalized spacial score (nSPS) is 9.88. The van der Waals surface area contributed by atoms with Crippen molar-refractivity contribution in [3.8, 4) is 0 Å². The minimum absolute atomic E-state index is 0.134. The van der Waals surface area contributed by atoms with E-state index in [1.807, 2.05) is 11.6 Å². The Labute approximate surface area is 95.7 Å². The van der Waals surface area contributed by atoms with E-state index in [2.05, 4.69) is 23.5 Å². The van der Waals surface area contributed by atoms with E-state index in [9.17, 15) is 4.79 Å². The Morgan fingerprint density at radius 2 is 2.38 bits per heavy atom. The molecular weight excluding hydrogens is 202 g/mol. The van der Waals surface area contributed by atoms with Crippen molar-refractivity contribution in [1.82, 2.24) is 14.9 Å². The van der Waals surface area contributed by atoms with Crippen molar-refractivity contribution in [2.75, 3.05) is 0 Å². The SMILES string of the molecule is C=CCc1ncn(C)c1CNC(=O)C(=C)C. The Kier molecular flexibility index (Phi) is 4.05. The maximum atomic E-state index is 11.4. The van der Waals surface area contributed by atoms with Crippen LogP contribution in [0, 0.1) is 0 Å². The van der Waals surface area contributed by atoms with E-state index in [4.69, 9.17) is 0 Å². The number of aryl methyl sites for hydroxylation is 1. The third-order valence-electron chi connectivity index (χ3n) is 2.29. The van der Waals surface area contributed by atoms with E-state index >= 15 is 0 Å².